The Morgan fingerprint density at radius 3 is 2.50 bits per heavy atom. The number of nitrogens with zero attached hydrogens (tertiary/aromatic N) is 2. The van der Waals surface area contributed by atoms with E-state index in [4.69, 9.17) is 5.73 Å². The molecule has 3 heteroatoms. The van der Waals surface area contributed by atoms with Crippen LogP contribution in [0.5, 0.6) is 0 Å². The van der Waals surface area contributed by atoms with E-state index < -0.39 is 0 Å². The molecule has 0 amide bonds. The smallest absolute Gasteiger partial charge is 0.137 e. The number of nitrogen functional groups attached to an aromatic ring is 1. The highest BCUT2D eigenvalue weighted by atomic mass is 15.1. The summed E-state index contributed by atoms with van der Waals surface area (Å²) in [5, 5.41) is 4.96. The Bertz CT molecular complexity index is 1120. The lowest BCUT2D eigenvalue weighted by Gasteiger charge is -2.06. The second-order valence-electron chi connectivity index (χ2n) is 5.60. The van der Waals surface area contributed by atoms with Gasteiger partial charge in [0.1, 0.15) is 5.82 Å². The van der Waals surface area contributed by atoms with E-state index in [1.54, 1.807) is 0 Å². The van der Waals surface area contributed by atoms with Crippen molar-refractivity contribution in [2.24, 2.45) is 0 Å². The number of benzene rings is 3. The topological polar surface area (TPSA) is 43.8 Å². The van der Waals surface area contributed by atoms with Gasteiger partial charge in [-0.2, -0.15) is 0 Å². The van der Waals surface area contributed by atoms with Gasteiger partial charge in [-0.15, -0.1) is 0 Å². The van der Waals surface area contributed by atoms with E-state index in [1.165, 1.54) is 27.1 Å². The third-order valence-corrected chi connectivity index (χ3v) is 4.30. The molecule has 0 spiro atoms. The zero-order chi connectivity index (χ0) is 14.7. The quantitative estimate of drug-likeness (QED) is 0.367. The first-order chi connectivity index (χ1) is 10.8. The first kappa shape index (κ1) is 11.6. The van der Waals surface area contributed by atoms with Gasteiger partial charge in [-0.1, -0.05) is 30.3 Å². The molecule has 22 heavy (non-hydrogen) atoms. The van der Waals surface area contributed by atoms with Crippen LogP contribution in [0, 0.1) is 0 Å². The number of nitrogens with two attached hydrogens (primary N) is 1. The largest absolute Gasteiger partial charge is 0.399 e. The molecule has 5 rings (SSSR count). The van der Waals surface area contributed by atoms with Crippen molar-refractivity contribution in [2.75, 3.05) is 5.73 Å². The summed E-state index contributed by atoms with van der Waals surface area (Å²) in [5.41, 5.74) is 9.18. The molecule has 0 aliphatic heterocycles. The van der Waals surface area contributed by atoms with Crippen molar-refractivity contribution in [2.45, 2.75) is 0 Å². The fraction of sp³-hybridized carbons (Fsp3) is 0. The molecule has 0 saturated carbocycles. The van der Waals surface area contributed by atoms with Gasteiger partial charge in [0.25, 0.3) is 0 Å². The minimum absolute atomic E-state index is 0.774. The Hall–Kier alpha value is -3.07. The van der Waals surface area contributed by atoms with Crippen LogP contribution in [0.1, 0.15) is 0 Å². The van der Waals surface area contributed by atoms with E-state index in [9.17, 15) is 0 Å². The molecule has 5 aromatic rings. The number of aromatic nitrogens is 2. The first-order valence-corrected chi connectivity index (χ1v) is 7.29. The van der Waals surface area contributed by atoms with Crippen molar-refractivity contribution in [1.29, 1.82) is 0 Å². The fourth-order valence-corrected chi connectivity index (χ4v) is 3.45. The molecule has 0 unspecified atom stereocenters. The zero-order valence-electron chi connectivity index (χ0n) is 11.8. The maximum atomic E-state index is 6.12. The predicted molar refractivity (Wildman–Crippen MR) is 91.7 cm³/mol. The predicted octanol–water partition coefficient (Wildman–Crippen LogP) is 4.35. The van der Waals surface area contributed by atoms with Crippen LogP contribution in [0.2, 0.25) is 0 Å². The first-order valence-electron chi connectivity index (χ1n) is 7.29. The summed E-state index contributed by atoms with van der Waals surface area (Å²) >= 11 is 0. The second kappa shape index (κ2) is 3.98. The van der Waals surface area contributed by atoms with Crippen LogP contribution in [-0.2, 0) is 0 Å². The van der Waals surface area contributed by atoms with Crippen LogP contribution in [0.15, 0.2) is 66.9 Å². The van der Waals surface area contributed by atoms with Gasteiger partial charge in [0.2, 0.25) is 0 Å². The van der Waals surface area contributed by atoms with Gasteiger partial charge >= 0.3 is 0 Å². The van der Waals surface area contributed by atoms with Crippen LogP contribution in [0.4, 0.5) is 5.69 Å². The third-order valence-electron chi connectivity index (χ3n) is 4.30. The average Bonchev–Trinajstić information content (AvgIpc) is 2.88. The highest BCUT2D eigenvalue weighted by molar-refractivity contribution is 6.24. The van der Waals surface area contributed by atoms with E-state index in [1.807, 2.05) is 36.5 Å². The van der Waals surface area contributed by atoms with E-state index in [2.05, 4.69) is 39.9 Å². The molecular weight excluding hydrogens is 270 g/mol. The van der Waals surface area contributed by atoms with Crippen LogP contribution in [0.25, 0.3) is 38.4 Å². The fourth-order valence-electron chi connectivity index (χ4n) is 3.45. The van der Waals surface area contributed by atoms with Gasteiger partial charge in [0.15, 0.2) is 0 Å². The summed E-state index contributed by atoms with van der Waals surface area (Å²) in [5.74, 6) is 0.915. The molecule has 0 bridgehead atoms. The summed E-state index contributed by atoms with van der Waals surface area (Å²) in [6.45, 7) is 0. The molecule has 2 aromatic heterocycles. The van der Waals surface area contributed by atoms with Gasteiger partial charge in [0.05, 0.1) is 11.0 Å². The van der Waals surface area contributed by atoms with Crippen LogP contribution < -0.4 is 5.73 Å². The average molecular weight is 283 g/mol. The van der Waals surface area contributed by atoms with E-state index in [0.29, 0.717) is 0 Å². The number of anilines is 1. The van der Waals surface area contributed by atoms with Gasteiger partial charge < -0.3 is 5.73 Å². The van der Waals surface area contributed by atoms with E-state index >= 15 is 0 Å². The molecule has 0 aliphatic carbocycles. The zero-order valence-corrected chi connectivity index (χ0v) is 11.8. The minimum atomic E-state index is 0.774. The van der Waals surface area contributed by atoms with Crippen molar-refractivity contribution in [1.82, 2.24) is 9.55 Å². The molecular formula is C19H13N3. The van der Waals surface area contributed by atoms with E-state index in [-0.39, 0.29) is 0 Å². The van der Waals surface area contributed by atoms with Gasteiger partial charge in [-0.25, -0.2) is 4.98 Å². The van der Waals surface area contributed by atoms with Crippen LogP contribution in [-0.4, -0.2) is 9.55 Å². The molecule has 2 N–H and O–H groups in total. The maximum absolute atomic E-state index is 6.12. The Kier molecular flexibility index (Phi) is 2.09. The third kappa shape index (κ3) is 1.37. The summed E-state index contributed by atoms with van der Waals surface area (Å²) in [6.07, 6.45) is 1.82. The molecule has 3 nitrogen and oxygen atoms in total. The Morgan fingerprint density at radius 2 is 1.64 bits per heavy atom. The molecule has 0 aliphatic rings. The van der Waals surface area contributed by atoms with Crippen LogP contribution >= 0.6 is 0 Å². The van der Waals surface area contributed by atoms with Gasteiger partial charge in [0, 0.05) is 22.7 Å². The lowest BCUT2D eigenvalue weighted by molar-refractivity contribution is 1.08. The Morgan fingerprint density at radius 1 is 0.773 bits per heavy atom. The standard InChI is InChI=1S/C19H13N3/c20-14-10-13-8-7-12-4-3-5-15-18(12)19(13)16(11-14)22(15)17-6-1-2-9-21-17/h1-11H,20H2. The highest BCUT2D eigenvalue weighted by Gasteiger charge is 2.16. The molecule has 0 atom stereocenters. The molecule has 2 heterocycles. The highest BCUT2D eigenvalue weighted by Crippen LogP contribution is 2.39. The Labute approximate surface area is 126 Å². The van der Waals surface area contributed by atoms with Crippen molar-refractivity contribution in [3.8, 4) is 5.82 Å². The Balaban J connectivity index is 2.12. The summed E-state index contributed by atoms with van der Waals surface area (Å²) in [4.78, 5) is 4.53. The van der Waals surface area contributed by atoms with Crippen molar-refractivity contribution >= 4 is 38.3 Å². The normalized spacial score (nSPS) is 11.8. The molecule has 0 radical (unpaired) electrons. The van der Waals surface area contributed by atoms with Crippen LogP contribution in [0.3, 0.4) is 0 Å². The molecule has 3 aromatic carbocycles. The minimum Gasteiger partial charge on any atom is -0.399 e. The number of rotatable bonds is 1. The summed E-state index contributed by atoms with van der Waals surface area (Å²) in [7, 11) is 0. The SMILES string of the molecule is Nc1cc2ccc3cccc4c3c2c(c1)n4-c1ccccn1. The number of hydrogen-bond donors (Lipinski definition) is 1. The molecule has 104 valence electrons. The molecule has 0 saturated heterocycles. The van der Waals surface area contributed by atoms with Crippen molar-refractivity contribution in [3.05, 3.63) is 66.9 Å². The number of hydrogen-bond acceptors (Lipinski definition) is 2. The summed E-state index contributed by atoms with van der Waals surface area (Å²) < 4.78 is 2.20. The second-order valence-corrected chi connectivity index (χ2v) is 5.60. The van der Waals surface area contributed by atoms with Gasteiger partial charge in [-0.05, 0) is 41.1 Å². The lowest BCUT2D eigenvalue weighted by Crippen LogP contribution is -1.96. The van der Waals surface area contributed by atoms with E-state index in [0.717, 1.165) is 17.0 Å². The van der Waals surface area contributed by atoms with Crippen molar-refractivity contribution in [3.63, 3.8) is 0 Å². The van der Waals surface area contributed by atoms with Crippen molar-refractivity contribution < 1.29 is 0 Å². The maximum Gasteiger partial charge on any atom is 0.137 e. The molecule has 0 fully saturated rings. The summed E-state index contributed by atoms with van der Waals surface area (Å²) in [6, 6.07) is 20.7. The number of pyridine rings is 1. The van der Waals surface area contributed by atoms with Gasteiger partial charge in [-0.3, -0.25) is 4.57 Å². The monoisotopic (exact) mass is 283 g/mol. The lowest BCUT2D eigenvalue weighted by atomic mass is 10.0.